The van der Waals surface area contributed by atoms with Crippen molar-refractivity contribution in [2.45, 2.75) is 19.3 Å². The number of nitrogens with one attached hydrogen (secondary N) is 2. The number of anilines is 3. The van der Waals surface area contributed by atoms with Gasteiger partial charge in [-0.15, -0.1) is 0 Å². The Morgan fingerprint density at radius 3 is 2.25 bits per heavy atom. The van der Waals surface area contributed by atoms with Gasteiger partial charge in [0.1, 0.15) is 5.75 Å². The molecule has 0 bridgehead atoms. The van der Waals surface area contributed by atoms with Crippen molar-refractivity contribution in [3.63, 3.8) is 0 Å². The number of benzene rings is 2. The van der Waals surface area contributed by atoms with Gasteiger partial charge in [0.15, 0.2) is 0 Å². The van der Waals surface area contributed by atoms with E-state index in [-0.39, 0.29) is 22.2 Å². The van der Waals surface area contributed by atoms with Gasteiger partial charge in [-0.3, -0.25) is 14.3 Å². The SMILES string of the molecule is CN(C)C(=O)c1cc(NC(=O)CS(=O)(=O)Nc2ccc(N3CCCCC3)cc2)ccc1Cl. The summed E-state index contributed by atoms with van der Waals surface area (Å²) in [6.45, 7) is 2.00. The maximum atomic E-state index is 12.4. The molecule has 32 heavy (non-hydrogen) atoms. The summed E-state index contributed by atoms with van der Waals surface area (Å²) < 4.78 is 27.3. The first-order valence-corrected chi connectivity index (χ1v) is 12.3. The van der Waals surface area contributed by atoms with Crippen LogP contribution in [-0.2, 0) is 14.8 Å². The van der Waals surface area contributed by atoms with Crippen LogP contribution in [-0.4, -0.2) is 58.1 Å². The van der Waals surface area contributed by atoms with Crippen molar-refractivity contribution in [1.82, 2.24) is 4.90 Å². The molecule has 1 aliphatic rings. The van der Waals surface area contributed by atoms with Crippen LogP contribution in [0.5, 0.6) is 0 Å². The smallest absolute Gasteiger partial charge is 0.254 e. The van der Waals surface area contributed by atoms with Gasteiger partial charge < -0.3 is 15.1 Å². The Morgan fingerprint density at radius 2 is 1.62 bits per heavy atom. The second kappa shape index (κ2) is 10.2. The summed E-state index contributed by atoms with van der Waals surface area (Å²) in [4.78, 5) is 28.1. The molecule has 0 radical (unpaired) electrons. The molecule has 1 saturated heterocycles. The standard InChI is InChI=1S/C22H27ClN4O4S/c1-26(2)22(29)19-14-17(8-11-20(19)23)24-21(28)15-32(30,31)25-16-6-9-18(10-7-16)27-12-4-3-5-13-27/h6-11,14,25H,3-5,12-13,15H2,1-2H3,(H,24,28). The quantitative estimate of drug-likeness (QED) is 0.635. The molecule has 1 fully saturated rings. The molecular formula is C22H27ClN4O4S. The molecule has 0 atom stereocenters. The van der Waals surface area contributed by atoms with E-state index in [9.17, 15) is 18.0 Å². The first-order chi connectivity index (χ1) is 15.1. The molecule has 0 saturated carbocycles. The van der Waals surface area contributed by atoms with Crippen LogP contribution in [0, 0.1) is 0 Å². The molecule has 0 aliphatic carbocycles. The predicted octanol–water partition coefficient (Wildman–Crippen LogP) is 3.41. The highest BCUT2D eigenvalue weighted by molar-refractivity contribution is 7.93. The van der Waals surface area contributed by atoms with Crippen molar-refractivity contribution in [1.29, 1.82) is 0 Å². The molecule has 2 N–H and O–H groups in total. The van der Waals surface area contributed by atoms with E-state index in [0.29, 0.717) is 5.69 Å². The van der Waals surface area contributed by atoms with Gasteiger partial charge in [-0.2, -0.15) is 0 Å². The summed E-state index contributed by atoms with van der Waals surface area (Å²) in [7, 11) is -0.748. The summed E-state index contributed by atoms with van der Waals surface area (Å²) in [5.41, 5.74) is 1.94. The lowest BCUT2D eigenvalue weighted by Gasteiger charge is -2.28. The monoisotopic (exact) mass is 478 g/mol. The molecule has 0 spiro atoms. The van der Waals surface area contributed by atoms with E-state index in [0.717, 1.165) is 31.6 Å². The lowest BCUT2D eigenvalue weighted by atomic mass is 10.1. The Bertz CT molecular complexity index is 1080. The fraction of sp³-hybridized carbons (Fsp3) is 0.364. The number of rotatable bonds is 7. The molecular weight excluding hydrogens is 452 g/mol. The number of carbonyl (C=O) groups excluding carboxylic acids is 2. The van der Waals surface area contributed by atoms with Gasteiger partial charge in [-0.25, -0.2) is 8.42 Å². The topological polar surface area (TPSA) is 98.8 Å². The van der Waals surface area contributed by atoms with E-state index >= 15 is 0 Å². The van der Waals surface area contributed by atoms with Crippen molar-refractivity contribution in [2.75, 3.05) is 47.9 Å². The molecule has 10 heteroatoms. The van der Waals surface area contributed by atoms with Gasteiger partial charge in [0, 0.05) is 44.2 Å². The third-order valence-electron chi connectivity index (χ3n) is 5.07. The van der Waals surface area contributed by atoms with Crippen molar-refractivity contribution < 1.29 is 18.0 Å². The predicted molar refractivity (Wildman–Crippen MR) is 128 cm³/mol. The van der Waals surface area contributed by atoms with Crippen LogP contribution in [0.15, 0.2) is 42.5 Å². The lowest BCUT2D eigenvalue weighted by molar-refractivity contribution is -0.113. The van der Waals surface area contributed by atoms with E-state index in [1.54, 1.807) is 26.2 Å². The van der Waals surface area contributed by atoms with Crippen LogP contribution in [0.25, 0.3) is 0 Å². The van der Waals surface area contributed by atoms with Gasteiger partial charge >= 0.3 is 0 Å². The minimum atomic E-state index is -3.92. The summed E-state index contributed by atoms with van der Waals surface area (Å²) in [6, 6.07) is 11.5. The van der Waals surface area contributed by atoms with Crippen LogP contribution in [0.1, 0.15) is 29.6 Å². The molecule has 1 heterocycles. The number of sulfonamides is 1. The van der Waals surface area contributed by atoms with E-state index < -0.39 is 21.7 Å². The number of hydrogen-bond acceptors (Lipinski definition) is 5. The van der Waals surface area contributed by atoms with Crippen molar-refractivity contribution in [3.05, 3.63) is 53.1 Å². The maximum Gasteiger partial charge on any atom is 0.254 e. The lowest BCUT2D eigenvalue weighted by Crippen LogP contribution is -2.29. The zero-order valence-electron chi connectivity index (χ0n) is 18.1. The van der Waals surface area contributed by atoms with E-state index in [1.165, 1.54) is 29.5 Å². The zero-order valence-corrected chi connectivity index (χ0v) is 19.7. The van der Waals surface area contributed by atoms with Crippen LogP contribution in [0.3, 0.4) is 0 Å². The average Bonchev–Trinajstić information content (AvgIpc) is 2.75. The maximum absolute atomic E-state index is 12.4. The number of hydrogen-bond donors (Lipinski definition) is 2. The Labute approximate surface area is 193 Å². The van der Waals surface area contributed by atoms with Crippen LogP contribution in [0.2, 0.25) is 5.02 Å². The van der Waals surface area contributed by atoms with Crippen LogP contribution in [0.4, 0.5) is 17.1 Å². The normalized spacial score (nSPS) is 14.0. The highest BCUT2D eigenvalue weighted by atomic mass is 35.5. The Morgan fingerprint density at radius 1 is 1.00 bits per heavy atom. The Hall–Kier alpha value is -2.78. The third-order valence-corrected chi connectivity index (χ3v) is 6.59. The van der Waals surface area contributed by atoms with Gasteiger partial charge in [0.05, 0.1) is 10.6 Å². The molecule has 0 aromatic heterocycles. The summed E-state index contributed by atoms with van der Waals surface area (Å²) in [5, 5.41) is 2.74. The van der Waals surface area contributed by atoms with Gasteiger partial charge in [0.25, 0.3) is 5.91 Å². The number of piperidine rings is 1. The number of amides is 2. The summed E-state index contributed by atoms with van der Waals surface area (Å²) in [5.74, 6) is -1.82. The summed E-state index contributed by atoms with van der Waals surface area (Å²) >= 11 is 6.06. The molecule has 2 amide bonds. The second-order valence-corrected chi connectivity index (χ2v) is 10.0. The first kappa shape index (κ1) is 23.9. The van der Waals surface area contributed by atoms with Crippen LogP contribution < -0.4 is 14.9 Å². The van der Waals surface area contributed by atoms with E-state index in [1.807, 2.05) is 12.1 Å². The Kier molecular flexibility index (Phi) is 7.63. The molecule has 172 valence electrons. The Balaban J connectivity index is 1.61. The highest BCUT2D eigenvalue weighted by Crippen LogP contribution is 2.23. The number of carbonyl (C=O) groups is 2. The molecule has 8 nitrogen and oxygen atoms in total. The van der Waals surface area contributed by atoms with Crippen molar-refractivity contribution in [2.24, 2.45) is 0 Å². The first-order valence-electron chi connectivity index (χ1n) is 10.3. The fourth-order valence-electron chi connectivity index (χ4n) is 3.49. The molecule has 0 unspecified atom stereocenters. The van der Waals surface area contributed by atoms with Crippen LogP contribution >= 0.6 is 11.6 Å². The zero-order chi connectivity index (χ0) is 23.3. The minimum absolute atomic E-state index is 0.212. The summed E-state index contributed by atoms with van der Waals surface area (Å²) in [6.07, 6.45) is 3.55. The van der Waals surface area contributed by atoms with Crippen molar-refractivity contribution in [3.8, 4) is 0 Å². The fourth-order valence-corrected chi connectivity index (χ4v) is 4.67. The van der Waals surface area contributed by atoms with Gasteiger partial charge in [0.2, 0.25) is 15.9 Å². The minimum Gasteiger partial charge on any atom is -0.372 e. The number of halogens is 1. The van der Waals surface area contributed by atoms with Gasteiger partial charge in [-0.05, 0) is 61.7 Å². The molecule has 3 rings (SSSR count). The van der Waals surface area contributed by atoms with E-state index in [2.05, 4.69) is 14.9 Å². The third kappa shape index (κ3) is 6.37. The molecule has 2 aromatic rings. The molecule has 2 aromatic carbocycles. The largest absolute Gasteiger partial charge is 0.372 e. The molecule has 1 aliphatic heterocycles. The van der Waals surface area contributed by atoms with Gasteiger partial charge in [-0.1, -0.05) is 11.6 Å². The average molecular weight is 479 g/mol. The highest BCUT2D eigenvalue weighted by Gasteiger charge is 2.19. The van der Waals surface area contributed by atoms with Crippen molar-refractivity contribution >= 4 is 50.5 Å². The number of nitrogens with zero attached hydrogens (tertiary/aromatic N) is 2. The second-order valence-electron chi connectivity index (χ2n) is 7.90. The van der Waals surface area contributed by atoms with E-state index in [4.69, 9.17) is 11.6 Å².